The number of pyridine rings is 1. The summed E-state index contributed by atoms with van der Waals surface area (Å²) >= 11 is 7.27. The lowest BCUT2D eigenvalue weighted by Crippen LogP contribution is -2.41. The third-order valence-electron chi connectivity index (χ3n) is 4.55. The monoisotopic (exact) mass is 415 g/mol. The fraction of sp³-hybridized carbons (Fsp3) is 0.333. The Morgan fingerprint density at radius 1 is 1.29 bits per heavy atom. The number of methoxy groups -OCH3 is 1. The quantitative estimate of drug-likeness (QED) is 0.455. The van der Waals surface area contributed by atoms with Crippen LogP contribution in [0.3, 0.4) is 0 Å². The van der Waals surface area contributed by atoms with Crippen LogP contribution in [0.15, 0.2) is 40.5 Å². The molecule has 0 aliphatic heterocycles. The minimum atomic E-state index is -0.0756. The predicted octanol–water partition coefficient (Wildman–Crippen LogP) is 3.73. The van der Waals surface area contributed by atoms with Crippen molar-refractivity contribution < 1.29 is 4.74 Å². The second kappa shape index (κ2) is 9.32. The number of aromatic nitrogens is 1. The minimum Gasteiger partial charge on any atom is -0.383 e. The maximum absolute atomic E-state index is 12.7. The molecule has 0 saturated heterocycles. The molecule has 1 aromatic carbocycles. The second-order valence-corrected chi connectivity index (χ2v) is 8.25. The number of thiophene rings is 1. The number of aromatic amines is 1. The van der Waals surface area contributed by atoms with Crippen molar-refractivity contribution in [2.75, 3.05) is 20.3 Å². The molecule has 0 aliphatic rings. The van der Waals surface area contributed by atoms with Crippen LogP contribution in [0.2, 0.25) is 0 Å². The summed E-state index contributed by atoms with van der Waals surface area (Å²) in [4.78, 5) is 19.0. The Morgan fingerprint density at radius 2 is 2.11 bits per heavy atom. The van der Waals surface area contributed by atoms with Crippen molar-refractivity contribution in [2.45, 2.75) is 26.9 Å². The smallest absolute Gasteiger partial charge is 0.253 e. The predicted molar refractivity (Wildman–Crippen MR) is 120 cm³/mol. The number of ether oxygens (including phenoxy) is 1. The fourth-order valence-electron chi connectivity index (χ4n) is 3.20. The number of hydrogen-bond acceptors (Lipinski definition) is 4. The first-order valence-electron chi connectivity index (χ1n) is 9.15. The van der Waals surface area contributed by atoms with Gasteiger partial charge in [-0.05, 0) is 60.8 Å². The standard InChI is InChI=1S/C21H25N3O2S2/c1-14-9-15(2)18-11-16(20(25)23-19(18)10-14)12-24(13-17-5-4-8-28-17)21(27)22-6-7-26-3/h4-5,8-11H,6-7,12-13H2,1-3H3,(H,22,27)(H,23,25). The number of fused-ring (bicyclic) bond motifs is 1. The molecule has 3 aromatic rings. The van der Waals surface area contributed by atoms with E-state index in [1.54, 1.807) is 18.4 Å². The van der Waals surface area contributed by atoms with Gasteiger partial charge < -0.3 is 19.9 Å². The Labute approximate surface area is 174 Å². The minimum absolute atomic E-state index is 0.0756. The first kappa shape index (κ1) is 20.5. The van der Waals surface area contributed by atoms with Crippen LogP contribution in [0.4, 0.5) is 0 Å². The molecule has 0 aliphatic carbocycles. The van der Waals surface area contributed by atoms with Gasteiger partial charge in [0, 0.05) is 35.0 Å². The van der Waals surface area contributed by atoms with Gasteiger partial charge in [-0.25, -0.2) is 0 Å². The molecular weight excluding hydrogens is 390 g/mol. The Bertz CT molecular complexity index is 1010. The third kappa shape index (κ3) is 4.98. The molecule has 2 aromatic heterocycles. The van der Waals surface area contributed by atoms with Gasteiger partial charge in [-0.1, -0.05) is 12.1 Å². The van der Waals surface area contributed by atoms with Crippen LogP contribution in [0.1, 0.15) is 21.6 Å². The summed E-state index contributed by atoms with van der Waals surface area (Å²) in [5.74, 6) is 0. The molecule has 0 unspecified atom stereocenters. The molecular formula is C21H25N3O2S2. The normalized spacial score (nSPS) is 11.0. The Morgan fingerprint density at radius 3 is 2.82 bits per heavy atom. The van der Waals surface area contributed by atoms with E-state index in [-0.39, 0.29) is 5.56 Å². The number of H-pyrrole nitrogens is 1. The second-order valence-electron chi connectivity index (χ2n) is 6.83. The van der Waals surface area contributed by atoms with Crippen LogP contribution in [0.5, 0.6) is 0 Å². The topological polar surface area (TPSA) is 57.4 Å². The lowest BCUT2D eigenvalue weighted by atomic mass is 10.0. The molecule has 0 fully saturated rings. The Balaban J connectivity index is 1.89. The highest BCUT2D eigenvalue weighted by Crippen LogP contribution is 2.20. The summed E-state index contributed by atoms with van der Waals surface area (Å²) in [7, 11) is 1.66. The van der Waals surface area contributed by atoms with Crippen molar-refractivity contribution in [3.63, 3.8) is 0 Å². The van der Waals surface area contributed by atoms with Crippen molar-refractivity contribution in [2.24, 2.45) is 0 Å². The molecule has 0 amide bonds. The van der Waals surface area contributed by atoms with Gasteiger partial charge in [-0.15, -0.1) is 11.3 Å². The number of benzene rings is 1. The first-order chi connectivity index (χ1) is 13.5. The van der Waals surface area contributed by atoms with Gasteiger partial charge in [0.15, 0.2) is 5.11 Å². The molecule has 3 rings (SSSR count). The highest BCUT2D eigenvalue weighted by Gasteiger charge is 2.15. The van der Waals surface area contributed by atoms with Crippen molar-refractivity contribution in [3.05, 3.63) is 67.6 Å². The summed E-state index contributed by atoms with van der Waals surface area (Å²) in [6, 6.07) is 10.2. The van der Waals surface area contributed by atoms with Crippen LogP contribution in [0, 0.1) is 13.8 Å². The summed E-state index contributed by atoms with van der Waals surface area (Å²) in [5.41, 5.74) is 3.78. The highest BCUT2D eigenvalue weighted by atomic mass is 32.1. The molecule has 0 spiro atoms. The molecule has 7 heteroatoms. The van der Waals surface area contributed by atoms with Crippen molar-refractivity contribution >= 4 is 39.6 Å². The third-order valence-corrected chi connectivity index (χ3v) is 5.81. The Hall–Kier alpha value is -2.22. The lowest BCUT2D eigenvalue weighted by Gasteiger charge is -2.25. The molecule has 0 atom stereocenters. The molecule has 28 heavy (non-hydrogen) atoms. The summed E-state index contributed by atoms with van der Waals surface area (Å²) in [6.45, 7) is 6.39. The summed E-state index contributed by atoms with van der Waals surface area (Å²) in [5, 5.41) is 6.94. The molecule has 0 saturated carbocycles. The molecule has 0 bridgehead atoms. The maximum Gasteiger partial charge on any atom is 0.253 e. The zero-order chi connectivity index (χ0) is 20.1. The van der Waals surface area contributed by atoms with E-state index in [0.717, 1.165) is 22.0 Å². The number of hydrogen-bond donors (Lipinski definition) is 2. The van der Waals surface area contributed by atoms with Crippen LogP contribution in [0.25, 0.3) is 10.9 Å². The van der Waals surface area contributed by atoms with E-state index < -0.39 is 0 Å². The van der Waals surface area contributed by atoms with E-state index in [4.69, 9.17) is 17.0 Å². The average Bonchev–Trinajstić information content (AvgIpc) is 3.15. The van der Waals surface area contributed by atoms with Gasteiger partial charge in [0.2, 0.25) is 0 Å². The largest absolute Gasteiger partial charge is 0.383 e. The van der Waals surface area contributed by atoms with Gasteiger partial charge in [0.05, 0.1) is 19.7 Å². The zero-order valence-electron chi connectivity index (χ0n) is 16.4. The van der Waals surface area contributed by atoms with Crippen LogP contribution >= 0.6 is 23.6 Å². The van der Waals surface area contributed by atoms with Gasteiger partial charge in [-0.3, -0.25) is 4.79 Å². The lowest BCUT2D eigenvalue weighted by molar-refractivity contribution is 0.202. The van der Waals surface area contributed by atoms with Crippen LogP contribution in [-0.4, -0.2) is 35.3 Å². The van der Waals surface area contributed by atoms with E-state index in [1.807, 2.05) is 35.4 Å². The number of thiocarbonyl (C=S) groups is 1. The number of nitrogens with zero attached hydrogens (tertiary/aromatic N) is 1. The van der Waals surface area contributed by atoms with Crippen LogP contribution < -0.4 is 10.9 Å². The molecule has 2 N–H and O–H groups in total. The van der Waals surface area contributed by atoms with Gasteiger partial charge in [0.1, 0.15) is 0 Å². The van der Waals surface area contributed by atoms with Crippen molar-refractivity contribution in [3.8, 4) is 0 Å². The van der Waals surface area contributed by atoms with E-state index in [9.17, 15) is 4.79 Å². The van der Waals surface area contributed by atoms with Crippen molar-refractivity contribution in [1.82, 2.24) is 15.2 Å². The van der Waals surface area contributed by atoms with Gasteiger partial charge in [0.25, 0.3) is 5.56 Å². The number of aryl methyl sites for hydroxylation is 2. The van der Waals surface area contributed by atoms with E-state index in [1.165, 1.54) is 4.88 Å². The molecule has 2 heterocycles. The zero-order valence-corrected chi connectivity index (χ0v) is 18.0. The fourth-order valence-corrected chi connectivity index (χ4v) is 4.15. The van der Waals surface area contributed by atoms with Crippen molar-refractivity contribution in [1.29, 1.82) is 0 Å². The summed E-state index contributed by atoms with van der Waals surface area (Å²) in [6.07, 6.45) is 0. The SMILES string of the molecule is COCCNC(=S)N(Cc1cccs1)Cc1cc2c(C)cc(C)cc2[nH]c1=O. The van der Waals surface area contributed by atoms with Gasteiger partial charge >= 0.3 is 0 Å². The number of nitrogens with one attached hydrogen (secondary N) is 2. The molecule has 5 nitrogen and oxygen atoms in total. The Kier molecular flexibility index (Phi) is 6.83. The average molecular weight is 416 g/mol. The van der Waals surface area contributed by atoms with Gasteiger partial charge in [-0.2, -0.15) is 0 Å². The number of rotatable bonds is 7. The van der Waals surface area contributed by atoms with E-state index in [0.29, 0.717) is 36.9 Å². The highest BCUT2D eigenvalue weighted by molar-refractivity contribution is 7.80. The molecule has 0 radical (unpaired) electrons. The van der Waals surface area contributed by atoms with Crippen LogP contribution in [-0.2, 0) is 17.8 Å². The molecule has 148 valence electrons. The first-order valence-corrected chi connectivity index (χ1v) is 10.4. The summed E-state index contributed by atoms with van der Waals surface area (Å²) < 4.78 is 5.09. The van der Waals surface area contributed by atoms with E-state index >= 15 is 0 Å². The maximum atomic E-state index is 12.7. The van der Waals surface area contributed by atoms with E-state index in [2.05, 4.69) is 29.4 Å².